The first-order valence-corrected chi connectivity index (χ1v) is 8.16. The summed E-state index contributed by atoms with van der Waals surface area (Å²) in [5, 5.41) is 0. The number of ether oxygens (including phenoxy) is 1. The van der Waals surface area contributed by atoms with Crippen LogP contribution in [0, 0.1) is 0 Å². The number of benzene rings is 1. The van der Waals surface area contributed by atoms with Crippen molar-refractivity contribution in [2.45, 2.75) is 17.7 Å². The van der Waals surface area contributed by atoms with Gasteiger partial charge < -0.3 is 4.74 Å². The van der Waals surface area contributed by atoms with E-state index in [4.69, 9.17) is 4.74 Å². The van der Waals surface area contributed by atoms with Gasteiger partial charge in [-0.2, -0.15) is 0 Å². The van der Waals surface area contributed by atoms with Gasteiger partial charge in [0.1, 0.15) is 6.61 Å². The normalized spacial score (nSPS) is 10.5. The number of hydrogen-bond donors (Lipinski definition) is 0. The average Bonchev–Trinajstić information content (AvgIpc) is 2.55. The van der Waals surface area contributed by atoms with Crippen LogP contribution in [0.25, 0.3) is 0 Å². The van der Waals surface area contributed by atoms with E-state index in [9.17, 15) is 4.79 Å². The number of nitrogens with zero attached hydrogens (tertiary/aromatic N) is 1. The molecule has 1 heterocycles. The van der Waals surface area contributed by atoms with Gasteiger partial charge in [-0.1, -0.05) is 12.1 Å². The molecular weight excluding hydrogens is 282 g/mol. The van der Waals surface area contributed by atoms with Crippen molar-refractivity contribution in [3.63, 3.8) is 0 Å². The Morgan fingerprint density at radius 3 is 2.52 bits per heavy atom. The first kappa shape index (κ1) is 15.7. The fraction of sp³-hybridized carbons (Fsp3) is 0.294. The maximum Gasteiger partial charge on any atom is 0.188 e. The number of Topliss-reactive ketones (excluding diaryl/α,β-unsaturated/α-hetero) is 1. The number of ketones is 1. The summed E-state index contributed by atoms with van der Waals surface area (Å²) >= 11 is 1.66. The number of rotatable bonds is 8. The second-order valence-corrected chi connectivity index (χ2v) is 5.54. The average molecular weight is 301 g/mol. The molecule has 0 unspecified atom stereocenters. The highest BCUT2D eigenvalue weighted by Crippen LogP contribution is 2.15. The van der Waals surface area contributed by atoms with Crippen molar-refractivity contribution in [1.29, 1.82) is 0 Å². The molecule has 0 aliphatic rings. The lowest BCUT2D eigenvalue weighted by Crippen LogP contribution is -2.10. The van der Waals surface area contributed by atoms with Crippen LogP contribution in [0.5, 0.6) is 0 Å². The van der Waals surface area contributed by atoms with Gasteiger partial charge in [-0.3, -0.25) is 9.78 Å². The molecule has 0 amide bonds. The summed E-state index contributed by atoms with van der Waals surface area (Å²) in [5.74, 6) is 0.0339. The Morgan fingerprint density at radius 1 is 1.14 bits per heavy atom. The minimum absolute atomic E-state index is 0.0339. The Bertz CT molecular complexity index is 555. The van der Waals surface area contributed by atoms with E-state index < -0.39 is 0 Å². The lowest BCUT2D eigenvalue weighted by Gasteiger charge is -2.05. The third-order valence-electron chi connectivity index (χ3n) is 3.15. The molecule has 2 aromatic rings. The molecule has 3 nitrogen and oxygen atoms in total. The highest BCUT2D eigenvalue weighted by Gasteiger charge is 2.05. The van der Waals surface area contributed by atoms with Gasteiger partial charge in [-0.15, -0.1) is 11.8 Å². The van der Waals surface area contributed by atoms with Crippen LogP contribution in [0.3, 0.4) is 0 Å². The molecule has 1 aromatic heterocycles. The van der Waals surface area contributed by atoms with E-state index in [1.165, 1.54) is 5.56 Å². The van der Waals surface area contributed by atoms with Gasteiger partial charge in [-0.05, 0) is 48.9 Å². The van der Waals surface area contributed by atoms with Crippen molar-refractivity contribution in [3.8, 4) is 0 Å². The smallest absolute Gasteiger partial charge is 0.188 e. The molecule has 0 fully saturated rings. The van der Waals surface area contributed by atoms with Crippen LogP contribution in [0.15, 0.2) is 53.7 Å². The highest BCUT2D eigenvalue weighted by molar-refractivity contribution is 7.98. The lowest BCUT2D eigenvalue weighted by molar-refractivity contribution is 0.0756. The molecule has 2 rings (SSSR count). The van der Waals surface area contributed by atoms with Crippen molar-refractivity contribution in [2.24, 2.45) is 0 Å². The monoisotopic (exact) mass is 301 g/mol. The summed E-state index contributed by atoms with van der Waals surface area (Å²) in [6, 6.07) is 11.6. The molecule has 0 aliphatic heterocycles. The summed E-state index contributed by atoms with van der Waals surface area (Å²) < 4.78 is 5.46. The van der Waals surface area contributed by atoms with E-state index in [1.54, 1.807) is 24.2 Å². The van der Waals surface area contributed by atoms with E-state index in [1.807, 2.05) is 42.7 Å². The number of aromatic nitrogens is 1. The molecule has 0 aliphatic carbocycles. The summed E-state index contributed by atoms with van der Waals surface area (Å²) in [7, 11) is 0. The van der Waals surface area contributed by atoms with Crippen molar-refractivity contribution in [2.75, 3.05) is 19.5 Å². The third kappa shape index (κ3) is 5.33. The largest absolute Gasteiger partial charge is 0.373 e. The van der Waals surface area contributed by atoms with Gasteiger partial charge in [0.15, 0.2) is 5.78 Å². The predicted molar refractivity (Wildman–Crippen MR) is 85.9 cm³/mol. The Hall–Kier alpha value is -1.65. The number of pyridine rings is 1. The van der Waals surface area contributed by atoms with Gasteiger partial charge in [0.05, 0.1) is 0 Å². The second kappa shape index (κ2) is 8.60. The van der Waals surface area contributed by atoms with Crippen LogP contribution in [0.4, 0.5) is 0 Å². The molecule has 0 saturated carbocycles. The maximum absolute atomic E-state index is 11.9. The molecule has 21 heavy (non-hydrogen) atoms. The quantitative estimate of drug-likeness (QED) is 0.424. The van der Waals surface area contributed by atoms with Crippen molar-refractivity contribution >= 4 is 17.5 Å². The van der Waals surface area contributed by atoms with E-state index in [0.29, 0.717) is 12.2 Å². The van der Waals surface area contributed by atoms with Crippen molar-refractivity contribution in [1.82, 2.24) is 4.98 Å². The van der Waals surface area contributed by atoms with E-state index in [2.05, 4.69) is 4.98 Å². The summed E-state index contributed by atoms with van der Waals surface area (Å²) in [6.45, 7) is 0.742. The number of thioether (sulfide) groups is 1. The molecule has 110 valence electrons. The first-order chi connectivity index (χ1) is 10.3. The Balaban J connectivity index is 1.67. The zero-order valence-corrected chi connectivity index (χ0v) is 12.9. The minimum atomic E-state index is 0.0339. The van der Waals surface area contributed by atoms with Crippen LogP contribution in [-0.2, 0) is 11.2 Å². The number of carbonyl (C=O) groups is 1. The van der Waals surface area contributed by atoms with Gasteiger partial charge in [0.25, 0.3) is 0 Å². The fourth-order valence-corrected chi connectivity index (χ4v) is 2.36. The van der Waals surface area contributed by atoms with Crippen LogP contribution >= 0.6 is 11.8 Å². The van der Waals surface area contributed by atoms with Gasteiger partial charge in [-0.25, -0.2) is 0 Å². The lowest BCUT2D eigenvalue weighted by atomic mass is 10.1. The van der Waals surface area contributed by atoms with Crippen LogP contribution < -0.4 is 0 Å². The highest BCUT2D eigenvalue weighted by atomic mass is 32.2. The Morgan fingerprint density at radius 2 is 1.86 bits per heavy atom. The van der Waals surface area contributed by atoms with Crippen LogP contribution in [0.1, 0.15) is 22.3 Å². The molecule has 0 bridgehead atoms. The molecule has 1 aromatic carbocycles. The standard InChI is InChI=1S/C17H19NO2S/c1-21-16-6-4-15(5-7-16)17(19)13-20-12-2-3-14-8-10-18-11-9-14/h4-11H,2-3,12-13H2,1H3. The summed E-state index contributed by atoms with van der Waals surface area (Å²) in [5.41, 5.74) is 1.95. The molecular formula is C17H19NO2S. The Labute approximate surface area is 129 Å². The first-order valence-electron chi connectivity index (χ1n) is 6.93. The van der Waals surface area contributed by atoms with Crippen LogP contribution in [-0.4, -0.2) is 30.2 Å². The molecule has 0 atom stereocenters. The summed E-state index contributed by atoms with van der Waals surface area (Å²) in [4.78, 5) is 17.1. The zero-order chi connectivity index (χ0) is 14.9. The zero-order valence-electron chi connectivity index (χ0n) is 12.1. The van der Waals surface area contributed by atoms with Gasteiger partial charge in [0, 0.05) is 29.5 Å². The van der Waals surface area contributed by atoms with E-state index in [-0.39, 0.29) is 12.4 Å². The topological polar surface area (TPSA) is 39.2 Å². The van der Waals surface area contributed by atoms with Gasteiger partial charge >= 0.3 is 0 Å². The second-order valence-electron chi connectivity index (χ2n) is 4.66. The SMILES string of the molecule is CSc1ccc(C(=O)COCCCc2ccncc2)cc1. The molecule has 0 spiro atoms. The predicted octanol–water partition coefficient (Wildman–Crippen LogP) is 3.64. The third-order valence-corrected chi connectivity index (χ3v) is 3.89. The van der Waals surface area contributed by atoms with Crippen molar-refractivity contribution in [3.05, 3.63) is 59.9 Å². The molecule has 0 radical (unpaired) electrons. The van der Waals surface area contributed by atoms with Crippen LogP contribution in [0.2, 0.25) is 0 Å². The molecule has 4 heteroatoms. The maximum atomic E-state index is 11.9. The van der Waals surface area contributed by atoms with Crippen molar-refractivity contribution < 1.29 is 9.53 Å². The number of hydrogen-bond acceptors (Lipinski definition) is 4. The fourth-order valence-electron chi connectivity index (χ4n) is 1.95. The summed E-state index contributed by atoms with van der Waals surface area (Å²) in [6.07, 6.45) is 7.44. The number of aryl methyl sites for hydroxylation is 1. The van der Waals surface area contributed by atoms with E-state index in [0.717, 1.165) is 17.7 Å². The molecule has 0 N–H and O–H groups in total. The minimum Gasteiger partial charge on any atom is -0.373 e. The van der Waals surface area contributed by atoms with Gasteiger partial charge in [0.2, 0.25) is 0 Å². The van der Waals surface area contributed by atoms with E-state index >= 15 is 0 Å². The molecule has 0 saturated heterocycles. The number of carbonyl (C=O) groups excluding carboxylic acids is 1. The Kier molecular flexibility index (Phi) is 6.44.